The molecule has 0 saturated carbocycles. The third-order valence-electron chi connectivity index (χ3n) is 5.03. The van der Waals surface area contributed by atoms with Crippen LogP contribution in [0.3, 0.4) is 0 Å². The number of nitrogens with zero attached hydrogens (tertiary/aromatic N) is 4. The molecule has 0 spiro atoms. The highest BCUT2D eigenvalue weighted by Gasteiger charge is 2.23. The van der Waals surface area contributed by atoms with Crippen LogP contribution in [-0.4, -0.2) is 45.6 Å². The molecule has 1 fully saturated rings. The first kappa shape index (κ1) is 20.4. The fourth-order valence-electron chi connectivity index (χ4n) is 3.53. The number of aryl methyl sites for hydroxylation is 1. The molecule has 4 rings (SSSR count). The lowest BCUT2D eigenvalue weighted by molar-refractivity contribution is -0.117. The highest BCUT2D eigenvalue weighted by Crippen LogP contribution is 2.28. The fraction of sp³-hybridized carbons (Fsp3) is 0.333. The second-order valence-corrected chi connectivity index (χ2v) is 8.49. The predicted molar refractivity (Wildman–Crippen MR) is 116 cm³/mol. The summed E-state index contributed by atoms with van der Waals surface area (Å²) in [5.74, 6) is 0.724. The van der Waals surface area contributed by atoms with Crippen molar-refractivity contribution >= 4 is 33.9 Å². The van der Waals surface area contributed by atoms with Crippen molar-refractivity contribution in [3.63, 3.8) is 0 Å². The first-order valence-electron chi connectivity index (χ1n) is 9.87. The quantitative estimate of drug-likeness (QED) is 0.621. The Labute approximate surface area is 178 Å². The summed E-state index contributed by atoms with van der Waals surface area (Å²) in [6, 6.07) is 11.8. The molecule has 2 aromatic heterocycles. The molecule has 156 valence electrons. The van der Waals surface area contributed by atoms with Gasteiger partial charge in [-0.15, -0.1) is 10.2 Å². The second-order valence-electron chi connectivity index (χ2n) is 7.30. The normalized spacial score (nSPS) is 15.1. The molecule has 1 aromatic carbocycles. The van der Waals surface area contributed by atoms with Crippen molar-refractivity contribution in [1.29, 1.82) is 0 Å². The lowest BCUT2D eigenvalue weighted by atomic mass is 9.93. The Bertz CT molecular complexity index is 1000. The maximum Gasteiger partial charge on any atom is 0.238 e. The van der Waals surface area contributed by atoms with Gasteiger partial charge in [-0.1, -0.05) is 17.4 Å². The van der Waals surface area contributed by atoms with E-state index in [2.05, 4.69) is 31.8 Å². The van der Waals surface area contributed by atoms with Crippen molar-refractivity contribution in [1.82, 2.24) is 20.1 Å². The zero-order chi connectivity index (χ0) is 20.9. The Kier molecular flexibility index (Phi) is 6.29. The van der Waals surface area contributed by atoms with E-state index in [4.69, 9.17) is 4.98 Å². The molecule has 0 unspecified atom stereocenters. The Hall–Kier alpha value is -2.91. The van der Waals surface area contributed by atoms with Crippen LogP contribution in [0, 0.1) is 12.7 Å². The molecule has 1 saturated heterocycles. The minimum atomic E-state index is -0.318. The minimum absolute atomic E-state index is 0.0864. The van der Waals surface area contributed by atoms with Crippen LogP contribution in [-0.2, 0) is 4.79 Å². The van der Waals surface area contributed by atoms with Gasteiger partial charge in [-0.3, -0.25) is 9.69 Å². The molecule has 1 aliphatic heterocycles. The summed E-state index contributed by atoms with van der Waals surface area (Å²) in [6.45, 7) is 3.91. The van der Waals surface area contributed by atoms with Crippen molar-refractivity contribution in [2.24, 2.45) is 0 Å². The summed E-state index contributed by atoms with van der Waals surface area (Å²) >= 11 is 1.49. The van der Waals surface area contributed by atoms with Crippen LogP contribution in [0.15, 0.2) is 42.5 Å². The smallest absolute Gasteiger partial charge is 0.238 e. The number of halogens is 1. The number of nitrogens with one attached hydrogen (secondary N) is 2. The first-order valence-corrected chi connectivity index (χ1v) is 10.7. The zero-order valence-electron chi connectivity index (χ0n) is 16.6. The molecule has 0 atom stereocenters. The van der Waals surface area contributed by atoms with E-state index in [0.29, 0.717) is 18.2 Å². The monoisotopic (exact) mass is 426 g/mol. The lowest BCUT2D eigenvalue weighted by Crippen LogP contribution is -2.38. The van der Waals surface area contributed by atoms with Gasteiger partial charge in [0.25, 0.3) is 0 Å². The molecule has 9 heteroatoms. The topological polar surface area (TPSA) is 83.0 Å². The number of anilines is 3. The van der Waals surface area contributed by atoms with Gasteiger partial charge in [0.05, 0.1) is 6.54 Å². The van der Waals surface area contributed by atoms with E-state index in [9.17, 15) is 9.18 Å². The number of likely N-dealkylation sites (tertiary alicyclic amines) is 1. The summed E-state index contributed by atoms with van der Waals surface area (Å²) in [6.07, 6.45) is 1.89. The molecular formula is C21H23FN6OS. The Morgan fingerprint density at radius 1 is 1.17 bits per heavy atom. The molecule has 0 aliphatic carbocycles. The van der Waals surface area contributed by atoms with E-state index >= 15 is 0 Å². The molecule has 0 bridgehead atoms. The van der Waals surface area contributed by atoms with E-state index < -0.39 is 0 Å². The second kappa shape index (κ2) is 9.27. The largest absolute Gasteiger partial charge is 0.325 e. The van der Waals surface area contributed by atoms with E-state index in [-0.39, 0.29) is 11.7 Å². The van der Waals surface area contributed by atoms with Crippen LogP contribution in [0.1, 0.15) is 29.5 Å². The lowest BCUT2D eigenvalue weighted by Gasteiger charge is -2.31. The molecule has 3 heterocycles. The van der Waals surface area contributed by atoms with Gasteiger partial charge in [-0.25, -0.2) is 9.37 Å². The van der Waals surface area contributed by atoms with Crippen LogP contribution in [0.5, 0.6) is 0 Å². The van der Waals surface area contributed by atoms with Crippen LogP contribution < -0.4 is 10.6 Å². The average Bonchev–Trinajstić information content (AvgIpc) is 3.15. The maximum absolute atomic E-state index is 13.0. The minimum Gasteiger partial charge on any atom is -0.325 e. The highest BCUT2D eigenvalue weighted by atomic mass is 32.1. The van der Waals surface area contributed by atoms with E-state index in [1.54, 1.807) is 12.1 Å². The molecule has 1 amide bonds. The third kappa shape index (κ3) is 5.37. The summed E-state index contributed by atoms with van der Waals surface area (Å²) in [7, 11) is 0. The molecule has 2 N–H and O–H groups in total. The molecule has 7 nitrogen and oxygen atoms in total. The van der Waals surface area contributed by atoms with Gasteiger partial charge in [0.2, 0.25) is 11.0 Å². The summed E-state index contributed by atoms with van der Waals surface area (Å²) in [5, 5.41) is 15.8. The van der Waals surface area contributed by atoms with Crippen molar-refractivity contribution in [3.05, 3.63) is 59.0 Å². The van der Waals surface area contributed by atoms with Gasteiger partial charge >= 0.3 is 0 Å². The number of rotatable bonds is 6. The van der Waals surface area contributed by atoms with Crippen LogP contribution in [0.4, 0.5) is 21.0 Å². The van der Waals surface area contributed by atoms with Crippen molar-refractivity contribution in [2.45, 2.75) is 25.7 Å². The summed E-state index contributed by atoms with van der Waals surface area (Å²) in [4.78, 5) is 19.1. The number of carbonyl (C=O) groups is 1. The Balaban J connectivity index is 1.28. The van der Waals surface area contributed by atoms with E-state index in [0.717, 1.165) is 47.6 Å². The number of benzene rings is 1. The fourth-order valence-corrected chi connectivity index (χ4v) is 4.13. The number of hydrogen-bond acceptors (Lipinski definition) is 7. The number of piperidine rings is 1. The van der Waals surface area contributed by atoms with Crippen molar-refractivity contribution in [2.75, 3.05) is 30.3 Å². The predicted octanol–water partition coefficient (Wildman–Crippen LogP) is 3.94. The van der Waals surface area contributed by atoms with Gasteiger partial charge in [0, 0.05) is 17.3 Å². The number of carbonyl (C=O) groups excluding carboxylic acids is 1. The van der Waals surface area contributed by atoms with Gasteiger partial charge < -0.3 is 10.6 Å². The van der Waals surface area contributed by atoms with Gasteiger partial charge in [-0.05, 0) is 69.3 Å². The average molecular weight is 427 g/mol. The van der Waals surface area contributed by atoms with Crippen LogP contribution >= 0.6 is 11.3 Å². The molecule has 0 radical (unpaired) electrons. The number of aromatic nitrogens is 3. The van der Waals surface area contributed by atoms with E-state index in [1.165, 1.54) is 23.5 Å². The summed E-state index contributed by atoms with van der Waals surface area (Å²) < 4.78 is 13.0. The van der Waals surface area contributed by atoms with Gasteiger partial charge in [0.15, 0.2) is 0 Å². The zero-order valence-corrected chi connectivity index (χ0v) is 17.5. The summed E-state index contributed by atoms with van der Waals surface area (Å²) in [5.41, 5.74) is 1.66. The van der Waals surface area contributed by atoms with Crippen molar-refractivity contribution < 1.29 is 9.18 Å². The van der Waals surface area contributed by atoms with Crippen LogP contribution in [0.25, 0.3) is 0 Å². The van der Waals surface area contributed by atoms with Crippen LogP contribution in [0.2, 0.25) is 0 Å². The van der Waals surface area contributed by atoms with Gasteiger partial charge in [0.1, 0.15) is 16.6 Å². The number of hydrogen-bond donors (Lipinski definition) is 2. The number of pyridine rings is 1. The molecule has 30 heavy (non-hydrogen) atoms. The number of amides is 1. The van der Waals surface area contributed by atoms with Gasteiger partial charge in [-0.2, -0.15) is 0 Å². The Morgan fingerprint density at radius 2 is 1.93 bits per heavy atom. The Morgan fingerprint density at radius 3 is 2.63 bits per heavy atom. The highest BCUT2D eigenvalue weighted by molar-refractivity contribution is 7.15. The first-order chi connectivity index (χ1) is 14.5. The molecule has 3 aromatic rings. The standard InChI is InChI=1S/C21H23FN6OS/c1-14-26-27-21(30-14)25-19-4-2-3-18(24-19)15-9-11-28(12-10-15)13-20(29)23-17-7-5-16(22)6-8-17/h2-8,15H,9-13H2,1H3,(H,23,29)(H,24,25,27). The molecule has 1 aliphatic rings. The maximum atomic E-state index is 13.0. The SMILES string of the molecule is Cc1nnc(Nc2cccc(C3CCN(CC(=O)Nc4ccc(F)cc4)CC3)n2)s1. The molecular weight excluding hydrogens is 403 g/mol. The third-order valence-corrected chi connectivity index (χ3v) is 5.79. The van der Waals surface area contributed by atoms with E-state index in [1.807, 2.05) is 19.1 Å². The van der Waals surface area contributed by atoms with Crippen molar-refractivity contribution in [3.8, 4) is 0 Å².